The molecular weight excluding hydrogens is 243 g/mol. The van der Waals surface area contributed by atoms with E-state index in [2.05, 4.69) is 0 Å². The lowest BCUT2D eigenvalue weighted by atomic mass is 9.94. The molecule has 2 rings (SSSR count). The fourth-order valence-corrected chi connectivity index (χ4v) is 3.35. The molecule has 1 aliphatic heterocycles. The average molecular weight is 257 g/mol. The van der Waals surface area contributed by atoms with Gasteiger partial charge in [-0.25, -0.2) is 8.78 Å². The zero-order chi connectivity index (χ0) is 12.4. The smallest absolute Gasteiger partial charge is 0.167 e. The quantitative estimate of drug-likeness (QED) is 0.785. The molecule has 1 unspecified atom stereocenters. The molecule has 2 N–H and O–H groups in total. The van der Waals surface area contributed by atoms with E-state index in [1.54, 1.807) is 6.07 Å². The highest BCUT2D eigenvalue weighted by atomic mass is 31.1. The van der Waals surface area contributed by atoms with Crippen molar-refractivity contribution >= 4 is 14.1 Å². The van der Waals surface area contributed by atoms with Gasteiger partial charge in [-0.3, -0.25) is 4.79 Å². The van der Waals surface area contributed by atoms with Crippen molar-refractivity contribution in [1.82, 2.24) is 0 Å². The molecule has 1 aliphatic rings. The summed E-state index contributed by atoms with van der Waals surface area (Å²) in [7, 11) is 0.0948. The van der Waals surface area contributed by atoms with Crippen molar-refractivity contribution in [2.24, 2.45) is 5.73 Å². The van der Waals surface area contributed by atoms with Crippen molar-refractivity contribution in [3.8, 4) is 0 Å². The SMILES string of the molecule is N[C@@H]1CC[C@@H](c2cccc(F)c2F)CPC1=O. The van der Waals surface area contributed by atoms with Crippen LogP contribution in [0.1, 0.15) is 24.3 Å². The van der Waals surface area contributed by atoms with Crippen molar-refractivity contribution in [2.45, 2.75) is 24.8 Å². The van der Waals surface area contributed by atoms with Gasteiger partial charge in [0.25, 0.3) is 0 Å². The molecule has 0 bridgehead atoms. The molecule has 0 saturated carbocycles. The van der Waals surface area contributed by atoms with Gasteiger partial charge in [0.1, 0.15) is 0 Å². The normalized spacial score (nSPS) is 27.1. The molecule has 5 heteroatoms. The van der Waals surface area contributed by atoms with Gasteiger partial charge in [-0.1, -0.05) is 12.1 Å². The molecule has 17 heavy (non-hydrogen) atoms. The highest BCUT2D eigenvalue weighted by molar-refractivity contribution is 7.58. The third-order valence-electron chi connectivity index (χ3n) is 3.11. The van der Waals surface area contributed by atoms with Crippen molar-refractivity contribution in [3.05, 3.63) is 35.4 Å². The van der Waals surface area contributed by atoms with Crippen LogP contribution in [-0.2, 0) is 4.79 Å². The third kappa shape index (κ3) is 2.70. The molecule has 1 aromatic carbocycles. The van der Waals surface area contributed by atoms with Crippen LogP contribution in [0.4, 0.5) is 8.78 Å². The van der Waals surface area contributed by atoms with E-state index in [1.807, 2.05) is 0 Å². The Bertz CT molecular complexity index is 439. The minimum absolute atomic E-state index is 0.0457. The Morgan fingerprint density at radius 3 is 2.82 bits per heavy atom. The Kier molecular flexibility index (Phi) is 3.85. The van der Waals surface area contributed by atoms with E-state index in [0.717, 1.165) is 6.07 Å². The zero-order valence-corrected chi connectivity index (χ0v) is 10.2. The molecule has 0 aromatic heterocycles. The van der Waals surface area contributed by atoms with E-state index < -0.39 is 17.7 Å². The van der Waals surface area contributed by atoms with Gasteiger partial charge in [0.2, 0.25) is 0 Å². The Balaban J connectivity index is 2.22. The molecule has 1 heterocycles. The van der Waals surface area contributed by atoms with Gasteiger partial charge in [0.05, 0.1) is 6.04 Å². The van der Waals surface area contributed by atoms with Gasteiger partial charge in [-0.05, 0) is 45.1 Å². The Morgan fingerprint density at radius 1 is 1.29 bits per heavy atom. The van der Waals surface area contributed by atoms with E-state index >= 15 is 0 Å². The first-order chi connectivity index (χ1) is 8.09. The number of rotatable bonds is 1. The summed E-state index contributed by atoms with van der Waals surface area (Å²) in [5.74, 6) is -1.71. The maximum Gasteiger partial charge on any atom is 0.167 e. The monoisotopic (exact) mass is 257 g/mol. The predicted molar refractivity (Wildman–Crippen MR) is 64.5 cm³/mol. The summed E-state index contributed by atoms with van der Waals surface area (Å²) >= 11 is 0. The first-order valence-corrected chi connectivity index (χ1v) is 6.77. The Labute approximate surface area is 100 Å². The van der Waals surface area contributed by atoms with Gasteiger partial charge in [0, 0.05) is 0 Å². The van der Waals surface area contributed by atoms with Crippen LogP contribution in [0.15, 0.2) is 18.2 Å². The molecule has 92 valence electrons. The second-order valence-electron chi connectivity index (χ2n) is 4.27. The first kappa shape index (κ1) is 12.6. The number of carbonyl (C=O) groups excluding carboxylic acids is 1. The molecule has 0 aliphatic carbocycles. The summed E-state index contributed by atoms with van der Waals surface area (Å²) in [6.45, 7) is 0. The second kappa shape index (κ2) is 5.19. The van der Waals surface area contributed by atoms with E-state index in [4.69, 9.17) is 5.73 Å². The average Bonchev–Trinajstić information content (AvgIpc) is 2.47. The molecule has 0 amide bonds. The van der Waals surface area contributed by atoms with Crippen LogP contribution in [-0.4, -0.2) is 17.7 Å². The van der Waals surface area contributed by atoms with Gasteiger partial charge in [-0.15, -0.1) is 0 Å². The standard InChI is InChI=1S/C12H14F2NOP/c13-9-3-1-2-8(11(9)14)7-4-5-10(15)12(16)17-6-7/h1-3,7,10,17H,4-6,15H2/t7-,10-/m1/s1. The molecular formula is C12H14F2NOP. The van der Waals surface area contributed by atoms with Gasteiger partial charge >= 0.3 is 0 Å². The van der Waals surface area contributed by atoms with Crippen LogP contribution in [0.3, 0.4) is 0 Å². The maximum absolute atomic E-state index is 13.6. The number of hydrogen-bond donors (Lipinski definition) is 1. The summed E-state index contributed by atoms with van der Waals surface area (Å²) < 4.78 is 26.7. The summed E-state index contributed by atoms with van der Waals surface area (Å²) in [4.78, 5) is 11.5. The van der Waals surface area contributed by atoms with Gasteiger partial charge < -0.3 is 5.73 Å². The van der Waals surface area contributed by atoms with Gasteiger partial charge in [0.15, 0.2) is 17.2 Å². The number of carbonyl (C=O) groups is 1. The molecule has 2 nitrogen and oxygen atoms in total. The van der Waals surface area contributed by atoms with Crippen LogP contribution in [0.5, 0.6) is 0 Å². The molecule has 0 spiro atoms. The lowest BCUT2D eigenvalue weighted by Gasteiger charge is -2.15. The summed E-state index contributed by atoms with van der Waals surface area (Å²) in [6.07, 6.45) is 1.76. The first-order valence-electron chi connectivity index (χ1n) is 5.57. The molecule has 1 fully saturated rings. The topological polar surface area (TPSA) is 43.1 Å². The van der Waals surface area contributed by atoms with Crippen molar-refractivity contribution in [1.29, 1.82) is 0 Å². The van der Waals surface area contributed by atoms with Crippen LogP contribution in [0, 0.1) is 11.6 Å². The highest BCUT2D eigenvalue weighted by Crippen LogP contribution is 2.35. The second-order valence-corrected chi connectivity index (χ2v) is 5.52. The largest absolute Gasteiger partial charge is 0.321 e. The molecule has 1 aromatic rings. The fourth-order valence-electron chi connectivity index (χ4n) is 2.07. The maximum atomic E-state index is 13.6. The van der Waals surface area contributed by atoms with E-state index in [0.29, 0.717) is 24.6 Å². The van der Waals surface area contributed by atoms with Crippen molar-refractivity contribution in [3.63, 3.8) is 0 Å². The van der Waals surface area contributed by atoms with Crippen LogP contribution in [0.25, 0.3) is 0 Å². The zero-order valence-electron chi connectivity index (χ0n) is 9.25. The lowest BCUT2D eigenvalue weighted by Crippen LogP contribution is -2.26. The number of halogens is 2. The van der Waals surface area contributed by atoms with Crippen LogP contribution in [0.2, 0.25) is 0 Å². The number of benzene rings is 1. The predicted octanol–water partition coefficient (Wildman–Crippen LogP) is 2.37. The Hall–Kier alpha value is -0.860. The summed E-state index contributed by atoms with van der Waals surface area (Å²) in [6, 6.07) is 3.77. The molecule has 0 radical (unpaired) electrons. The van der Waals surface area contributed by atoms with Crippen LogP contribution < -0.4 is 5.73 Å². The lowest BCUT2D eigenvalue weighted by molar-refractivity contribution is -0.112. The number of hydrogen-bond acceptors (Lipinski definition) is 2. The van der Waals surface area contributed by atoms with E-state index in [1.165, 1.54) is 6.07 Å². The fraction of sp³-hybridized carbons (Fsp3) is 0.417. The van der Waals surface area contributed by atoms with E-state index in [9.17, 15) is 13.6 Å². The summed E-state index contributed by atoms with van der Waals surface area (Å²) in [5, 5.41) is 0. The van der Waals surface area contributed by atoms with Crippen molar-refractivity contribution in [2.75, 3.05) is 6.16 Å². The molecule has 1 saturated heterocycles. The Morgan fingerprint density at radius 2 is 2.06 bits per heavy atom. The third-order valence-corrected chi connectivity index (χ3v) is 4.52. The minimum Gasteiger partial charge on any atom is -0.321 e. The van der Waals surface area contributed by atoms with E-state index in [-0.39, 0.29) is 20.0 Å². The number of nitrogens with two attached hydrogens (primary N) is 1. The highest BCUT2D eigenvalue weighted by Gasteiger charge is 2.25. The van der Waals surface area contributed by atoms with Crippen LogP contribution >= 0.6 is 8.58 Å². The van der Waals surface area contributed by atoms with Crippen molar-refractivity contribution < 1.29 is 13.6 Å². The summed E-state index contributed by atoms with van der Waals surface area (Å²) in [5.41, 5.74) is 6.10. The van der Waals surface area contributed by atoms with Gasteiger partial charge in [-0.2, -0.15) is 0 Å². The minimum atomic E-state index is -0.828. The molecule has 3 atom stereocenters.